The van der Waals surface area contributed by atoms with E-state index in [4.69, 9.17) is 19.6 Å². The lowest BCUT2D eigenvalue weighted by atomic mass is 10.2. The predicted molar refractivity (Wildman–Crippen MR) is 65.6 cm³/mol. The van der Waals surface area contributed by atoms with Gasteiger partial charge in [-0.2, -0.15) is 0 Å². The Morgan fingerprint density at radius 2 is 2.11 bits per heavy atom. The zero-order valence-corrected chi connectivity index (χ0v) is 10.1. The van der Waals surface area contributed by atoms with Crippen LogP contribution in [0.3, 0.4) is 0 Å². The van der Waals surface area contributed by atoms with E-state index in [9.17, 15) is 0 Å². The SMILES string of the molecule is Cc1oc(-c2ccc3c(c2)OCO3)nc1CCN. The molecule has 18 heavy (non-hydrogen) atoms. The molecule has 0 aliphatic carbocycles. The highest BCUT2D eigenvalue weighted by Crippen LogP contribution is 2.35. The van der Waals surface area contributed by atoms with Crippen molar-refractivity contribution in [1.29, 1.82) is 0 Å². The van der Waals surface area contributed by atoms with Crippen LogP contribution in [0, 0.1) is 6.92 Å². The van der Waals surface area contributed by atoms with Crippen LogP contribution in [0.25, 0.3) is 11.5 Å². The number of benzene rings is 1. The molecule has 0 bridgehead atoms. The summed E-state index contributed by atoms with van der Waals surface area (Å²) in [4.78, 5) is 4.45. The molecule has 3 rings (SSSR count). The van der Waals surface area contributed by atoms with E-state index in [-0.39, 0.29) is 6.79 Å². The molecule has 2 N–H and O–H groups in total. The van der Waals surface area contributed by atoms with Gasteiger partial charge in [0, 0.05) is 12.0 Å². The fourth-order valence-corrected chi connectivity index (χ4v) is 1.95. The molecule has 2 aromatic rings. The molecule has 1 aliphatic heterocycles. The second-order valence-corrected chi connectivity index (χ2v) is 4.13. The minimum Gasteiger partial charge on any atom is -0.454 e. The van der Waals surface area contributed by atoms with Gasteiger partial charge in [0.25, 0.3) is 0 Å². The highest BCUT2D eigenvalue weighted by Gasteiger charge is 2.17. The number of fused-ring (bicyclic) bond motifs is 1. The average Bonchev–Trinajstić information content (AvgIpc) is 2.96. The van der Waals surface area contributed by atoms with Gasteiger partial charge >= 0.3 is 0 Å². The Kier molecular flexibility index (Phi) is 2.68. The minimum atomic E-state index is 0.266. The summed E-state index contributed by atoms with van der Waals surface area (Å²) in [5.74, 6) is 2.88. The average molecular weight is 246 g/mol. The normalized spacial score (nSPS) is 13.0. The van der Waals surface area contributed by atoms with E-state index in [1.807, 2.05) is 25.1 Å². The first kappa shape index (κ1) is 11.1. The molecule has 0 saturated heterocycles. The molecule has 1 aromatic carbocycles. The third-order valence-electron chi connectivity index (χ3n) is 2.89. The lowest BCUT2D eigenvalue weighted by Crippen LogP contribution is -2.03. The van der Waals surface area contributed by atoms with Crippen molar-refractivity contribution < 1.29 is 13.9 Å². The van der Waals surface area contributed by atoms with Gasteiger partial charge in [-0.3, -0.25) is 0 Å². The number of aryl methyl sites for hydroxylation is 1. The molecule has 2 heterocycles. The lowest BCUT2D eigenvalue weighted by molar-refractivity contribution is 0.174. The summed E-state index contributed by atoms with van der Waals surface area (Å²) < 4.78 is 16.3. The first-order valence-corrected chi connectivity index (χ1v) is 5.84. The topological polar surface area (TPSA) is 70.5 Å². The Bertz CT molecular complexity index is 578. The van der Waals surface area contributed by atoms with E-state index in [0.717, 1.165) is 34.9 Å². The molecule has 0 atom stereocenters. The van der Waals surface area contributed by atoms with E-state index in [1.54, 1.807) is 0 Å². The van der Waals surface area contributed by atoms with Crippen LogP contribution in [-0.2, 0) is 6.42 Å². The van der Waals surface area contributed by atoms with E-state index >= 15 is 0 Å². The van der Waals surface area contributed by atoms with Crippen molar-refractivity contribution in [3.05, 3.63) is 29.7 Å². The smallest absolute Gasteiger partial charge is 0.231 e. The van der Waals surface area contributed by atoms with E-state index < -0.39 is 0 Å². The maximum atomic E-state index is 5.65. The van der Waals surface area contributed by atoms with Crippen LogP contribution < -0.4 is 15.2 Å². The fraction of sp³-hybridized carbons (Fsp3) is 0.308. The summed E-state index contributed by atoms with van der Waals surface area (Å²) in [6.45, 7) is 2.73. The number of nitrogens with two attached hydrogens (primary N) is 1. The van der Waals surface area contributed by atoms with Crippen molar-refractivity contribution in [2.75, 3.05) is 13.3 Å². The standard InChI is InChI=1S/C13H14N2O3/c1-8-10(4-5-14)15-13(18-8)9-2-3-11-12(6-9)17-7-16-11/h2-3,6H,4-5,7,14H2,1H3. The van der Waals surface area contributed by atoms with Gasteiger partial charge in [-0.1, -0.05) is 0 Å². The largest absolute Gasteiger partial charge is 0.454 e. The van der Waals surface area contributed by atoms with Crippen molar-refractivity contribution >= 4 is 0 Å². The second-order valence-electron chi connectivity index (χ2n) is 4.13. The molecule has 1 aliphatic rings. The Balaban J connectivity index is 1.97. The van der Waals surface area contributed by atoms with Gasteiger partial charge in [-0.25, -0.2) is 4.98 Å². The number of oxazole rings is 1. The van der Waals surface area contributed by atoms with Crippen molar-refractivity contribution in [2.24, 2.45) is 5.73 Å². The van der Waals surface area contributed by atoms with Gasteiger partial charge < -0.3 is 19.6 Å². The van der Waals surface area contributed by atoms with Crippen LogP contribution in [0.5, 0.6) is 11.5 Å². The van der Waals surface area contributed by atoms with Crippen molar-refractivity contribution in [1.82, 2.24) is 4.98 Å². The number of nitrogens with zero attached hydrogens (tertiary/aromatic N) is 1. The zero-order chi connectivity index (χ0) is 12.5. The van der Waals surface area contributed by atoms with Crippen LogP contribution in [0.4, 0.5) is 0 Å². The molecule has 0 amide bonds. The summed E-state index contributed by atoms with van der Waals surface area (Å²) in [5, 5.41) is 0. The maximum Gasteiger partial charge on any atom is 0.231 e. The number of ether oxygens (including phenoxy) is 2. The van der Waals surface area contributed by atoms with Crippen LogP contribution in [0.2, 0.25) is 0 Å². The second kappa shape index (κ2) is 4.34. The highest BCUT2D eigenvalue weighted by molar-refractivity contribution is 5.60. The maximum absolute atomic E-state index is 5.65. The first-order chi connectivity index (χ1) is 8.78. The van der Waals surface area contributed by atoms with Crippen molar-refractivity contribution in [3.63, 3.8) is 0 Å². The summed E-state index contributed by atoms with van der Waals surface area (Å²) in [6, 6.07) is 5.64. The molecule has 0 spiro atoms. The fourth-order valence-electron chi connectivity index (χ4n) is 1.95. The molecular weight excluding hydrogens is 232 g/mol. The molecule has 94 valence electrons. The molecule has 5 heteroatoms. The Morgan fingerprint density at radius 3 is 2.94 bits per heavy atom. The molecular formula is C13H14N2O3. The Labute approximate surface area is 105 Å². The van der Waals surface area contributed by atoms with Gasteiger partial charge in [0.2, 0.25) is 12.7 Å². The molecule has 0 saturated carbocycles. The van der Waals surface area contributed by atoms with Gasteiger partial charge in [-0.05, 0) is 31.7 Å². The van der Waals surface area contributed by atoms with Gasteiger partial charge in [0.15, 0.2) is 11.5 Å². The van der Waals surface area contributed by atoms with Crippen LogP contribution in [0.15, 0.2) is 22.6 Å². The number of aromatic nitrogens is 1. The third-order valence-corrected chi connectivity index (χ3v) is 2.89. The molecule has 0 unspecified atom stereocenters. The van der Waals surface area contributed by atoms with Crippen LogP contribution in [-0.4, -0.2) is 18.3 Å². The predicted octanol–water partition coefficient (Wildman–Crippen LogP) is 1.88. The molecule has 0 radical (unpaired) electrons. The highest BCUT2D eigenvalue weighted by atomic mass is 16.7. The number of hydrogen-bond donors (Lipinski definition) is 1. The Hall–Kier alpha value is -2.01. The van der Waals surface area contributed by atoms with Crippen LogP contribution >= 0.6 is 0 Å². The first-order valence-electron chi connectivity index (χ1n) is 5.84. The summed E-state index contributed by atoms with van der Waals surface area (Å²) in [6.07, 6.45) is 0.722. The zero-order valence-electron chi connectivity index (χ0n) is 10.1. The number of rotatable bonds is 3. The molecule has 0 fully saturated rings. The number of hydrogen-bond acceptors (Lipinski definition) is 5. The van der Waals surface area contributed by atoms with Gasteiger partial charge in [-0.15, -0.1) is 0 Å². The molecule has 1 aromatic heterocycles. The summed E-state index contributed by atoms with van der Waals surface area (Å²) >= 11 is 0. The van der Waals surface area contributed by atoms with Gasteiger partial charge in [0.05, 0.1) is 5.69 Å². The summed E-state index contributed by atoms with van der Waals surface area (Å²) in [7, 11) is 0. The Morgan fingerprint density at radius 1 is 1.28 bits per heavy atom. The summed E-state index contributed by atoms with van der Waals surface area (Å²) in [5.41, 5.74) is 7.32. The quantitative estimate of drug-likeness (QED) is 0.895. The van der Waals surface area contributed by atoms with Gasteiger partial charge in [0.1, 0.15) is 5.76 Å². The van der Waals surface area contributed by atoms with E-state index in [1.165, 1.54) is 0 Å². The molecule has 5 nitrogen and oxygen atoms in total. The van der Waals surface area contributed by atoms with E-state index in [2.05, 4.69) is 4.98 Å². The minimum absolute atomic E-state index is 0.266. The van der Waals surface area contributed by atoms with E-state index in [0.29, 0.717) is 12.4 Å². The monoisotopic (exact) mass is 246 g/mol. The third kappa shape index (κ3) is 1.82. The van der Waals surface area contributed by atoms with Crippen molar-refractivity contribution in [3.8, 4) is 23.0 Å². The lowest BCUT2D eigenvalue weighted by Gasteiger charge is -1.98. The van der Waals surface area contributed by atoms with Crippen LogP contribution in [0.1, 0.15) is 11.5 Å². The van der Waals surface area contributed by atoms with Crippen molar-refractivity contribution in [2.45, 2.75) is 13.3 Å².